The van der Waals surface area contributed by atoms with Gasteiger partial charge in [-0.2, -0.15) is 26.3 Å². The second-order valence-corrected chi connectivity index (χ2v) is 6.33. The molecule has 0 fully saturated rings. The number of hydrogen-bond donors (Lipinski definition) is 2. The summed E-state index contributed by atoms with van der Waals surface area (Å²) in [6.45, 7) is 1.67. The zero-order chi connectivity index (χ0) is 20.6. The van der Waals surface area contributed by atoms with Crippen LogP contribution >= 0.6 is 0 Å². The van der Waals surface area contributed by atoms with Gasteiger partial charge in [0.25, 0.3) is 0 Å². The molecule has 0 heterocycles. The number of amides is 1. The first-order chi connectivity index (χ1) is 12.3. The second kappa shape index (κ2) is 7.24. The van der Waals surface area contributed by atoms with Gasteiger partial charge >= 0.3 is 18.3 Å². The van der Waals surface area contributed by atoms with Crippen LogP contribution in [0.2, 0.25) is 0 Å². The molecule has 1 aliphatic rings. The van der Waals surface area contributed by atoms with E-state index >= 15 is 0 Å². The van der Waals surface area contributed by atoms with Crippen molar-refractivity contribution in [1.82, 2.24) is 0 Å². The molecule has 0 spiro atoms. The van der Waals surface area contributed by atoms with Crippen LogP contribution in [0.25, 0.3) is 0 Å². The molecular formula is C17H15F6NO3. The van der Waals surface area contributed by atoms with Crippen LogP contribution < -0.4 is 5.32 Å². The fourth-order valence-electron chi connectivity index (χ4n) is 2.88. The summed E-state index contributed by atoms with van der Waals surface area (Å²) in [5.41, 5.74) is -3.09. The molecule has 10 heteroatoms. The van der Waals surface area contributed by atoms with Gasteiger partial charge in [0.1, 0.15) is 0 Å². The molecule has 0 radical (unpaired) electrons. The van der Waals surface area contributed by atoms with Crippen molar-refractivity contribution in [2.75, 3.05) is 5.32 Å². The van der Waals surface area contributed by atoms with Crippen LogP contribution in [0.15, 0.2) is 29.8 Å². The maximum atomic E-state index is 12.9. The Morgan fingerprint density at radius 3 is 1.96 bits per heavy atom. The zero-order valence-electron chi connectivity index (χ0n) is 13.9. The number of nitrogens with one attached hydrogen (secondary N) is 1. The van der Waals surface area contributed by atoms with Crippen molar-refractivity contribution >= 4 is 17.6 Å². The van der Waals surface area contributed by atoms with E-state index in [2.05, 4.69) is 0 Å². The summed E-state index contributed by atoms with van der Waals surface area (Å²) in [5.74, 6) is -4.42. The molecule has 2 atom stereocenters. The number of carbonyl (C=O) groups excluding carboxylic acids is 1. The van der Waals surface area contributed by atoms with Crippen molar-refractivity contribution in [3.63, 3.8) is 0 Å². The number of alkyl halides is 6. The lowest BCUT2D eigenvalue weighted by Gasteiger charge is -2.26. The highest BCUT2D eigenvalue weighted by atomic mass is 19.4. The maximum Gasteiger partial charge on any atom is 0.416 e. The highest BCUT2D eigenvalue weighted by molar-refractivity contribution is 5.95. The third kappa shape index (κ3) is 5.01. The minimum Gasteiger partial charge on any atom is -0.481 e. The standard InChI is InChI=1S/C17H15F6NO3/c1-8-2-3-12(13(4-8)15(26)27)14(25)24-11-6-9(16(18,19)20)5-10(7-11)17(21,22)23/h2,5-7,12-13H,3-4H2,1H3,(H,24,25)(H,26,27). The molecule has 0 saturated heterocycles. The Morgan fingerprint density at radius 2 is 1.52 bits per heavy atom. The molecular weight excluding hydrogens is 380 g/mol. The van der Waals surface area contributed by atoms with Gasteiger partial charge in [-0.25, -0.2) is 0 Å². The average Bonchev–Trinajstić information content (AvgIpc) is 2.52. The van der Waals surface area contributed by atoms with Crippen molar-refractivity contribution < 1.29 is 41.0 Å². The molecule has 2 N–H and O–H groups in total. The number of carbonyl (C=O) groups is 2. The Hall–Kier alpha value is -2.52. The Bertz CT molecular complexity index is 750. The molecule has 1 amide bonds. The second-order valence-electron chi connectivity index (χ2n) is 6.33. The lowest BCUT2D eigenvalue weighted by atomic mass is 9.79. The van der Waals surface area contributed by atoms with E-state index < -0.39 is 52.9 Å². The van der Waals surface area contributed by atoms with E-state index in [0.29, 0.717) is 12.1 Å². The minimum atomic E-state index is -5.05. The molecule has 0 aliphatic heterocycles. The minimum absolute atomic E-state index is 0.0275. The molecule has 1 aromatic rings. The van der Waals surface area contributed by atoms with Crippen molar-refractivity contribution in [2.24, 2.45) is 11.8 Å². The molecule has 0 saturated carbocycles. The van der Waals surface area contributed by atoms with E-state index in [-0.39, 0.29) is 18.9 Å². The van der Waals surface area contributed by atoms with Crippen LogP contribution in [0, 0.1) is 11.8 Å². The maximum absolute atomic E-state index is 12.9. The van der Waals surface area contributed by atoms with Gasteiger partial charge in [0.05, 0.1) is 23.0 Å². The Labute approximate surface area is 149 Å². The lowest BCUT2D eigenvalue weighted by Crippen LogP contribution is -2.35. The fraction of sp³-hybridized carbons (Fsp3) is 0.412. The number of halogens is 6. The number of carboxylic acids is 1. The number of allylic oxidation sites excluding steroid dienone is 2. The van der Waals surface area contributed by atoms with Crippen molar-refractivity contribution in [1.29, 1.82) is 0 Å². The summed E-state index contributed by atoms with van der Waals surface area (Å²) in [4.78, 5) is 23.7. The van der Waals surface area contributed by atoms with Crippen LogP contribution in [0.4, 0.5) is 32.0 Å². The van der Waals surface area contributed by atoms with Gasteiger partial charge < -0.3 is 10.4 Å². The van der Waals surface area contributed by atoms with E-state index in [0.717, 1.165) is 5.57 Å². The highest BCUT2D eigenvalue weighted by Crippen LogP contribution is 2.38. The van der Waals surface area contributed by atoms with E-state index in [4.69, 9.17) is 0 Å². The molecule has 148 valence electrons. The molecule has 2 rings (SSSR count). The van der Waals surface area contributed by atoms with Gasteiger partial charge in [-0.1, -0.05) is 11.6 Å². The Kier molecular flexibility index (Phi) is 5.58. The largest absolute Gasteiger partial charge is 0.481 e. The first-order valence-corrected chi connectivity index (χ1v) is 7.78. The van der Waals surface area contributed by atoms with Crippen molar-refractivity contribution in [3.8, 4) is 0 Å². The van der Waals surface area contributed by atoms with Gasteiger partial charge in [-0.3, -0.25) is 9.59 Å². The summed E-state index contributed by atoms with van der Waals surface area (Å²) in [5, 5.41) is 11.2. The molecule has 27 heavy (non-hydrogen) atoms. The van der Waals surface area contributed by atoms with Crippen LogP contribution in [0.1, 0.15) is 30.9 Å². The third-order valence-electron chi connectivity index (χ3n) is 4.26. The Morgan fingerprint density at radius 1 is 1.00 bits per heavy atom. The molecule has 0 aromatic heterocycles. The van der Waals surface area contributed by atoms with Gasteiger partial charge in [-0.15, -0.1) is 0 Å². The third-order valence-corrected chi connectivity index (χ3v) is 4.26. The normalized spacial score (nSPS) is 20.8. The van der Waals surface area contributed by atoms with E-state index in [1.165, 1.54) is 0 Å². The van der Waals surface area contributed by atoms with Gasteiger partial charge in [0.15, 0.2) is 0 Å². The molecule has 4 nitrogen and oxygen atoms in total. The van der Waals surface area contributed by atoms with E-state index in [9.17, 15) is 41.0 Å². The highest BCUT2D eigenvalue weighted by Gasteiger charge is 2.38. The van der Waals surface area contributed by atoms with E-state index in [1.54, 1.807) is 13.0 Å². The zero-order valence-corrected chi connectivity index (χ0v) is 13.9. The summed E-state index contributed by atoms with van der Waals surface area (Å²) in [7, 11) is 0. The number of anilines is 1. The Balaban J connectivity index is 2.35. The summed E-state index contributed by atoms with van der Waals surface area (Å²) < 4.78 is 77.2. The first kappa shape index (κ1) is 20.8. The topological polar surface area (TPSA) is 66.4 Å². The number of hydrogen-bond acceptors (Lipinski definition) is 2. The number of aliphatic carboxylic acids is 1. The monoisotopic (exact) mass is 395 g/mol. The van der Waals surface area contributed by atoms with Crippen LogP contribution in [-0.4, -0.2) is 17.0 Å². The van der Waals surface area contributed by atoms with Gasteiger partial charge in [0, 0.05) is 5.69 Å². The molecule has 2 unspecified atom stereocenters. The molecule has 1 aliphatic carbocycles. The van der Waals surface area contributed by atoms with E-state index in [1.807, 2.05) is 5.32 Å². The number of carboxylic acid groups (broad SMARTS) is 1. The predicted octanol–water partition coefficient (Wildman–Crippen LogP) is 4.72. The first-order valence-electron chi connectivity index (χ1n) is 7.78. The molecule has 0 bridgehead atoms. The summed E-state index contributed by atoms with van der Waals surface area (Å²) in [6.07, 6.45) is -8.37. The lowest BCUT2D eigenvalue weighted by molar-refractivity contribution is -0.146. The van der Waals surface area contributed by atoms with Crippen molar-refractivity contribution in [3.05, 3.63) is 41.0 Å². The van der Waals surface area contributed by atoms with Crippen LogP contribution in [0.5, 0.6) is 0 Å². The van der Waals surface area contributed by atoms with Crippen molar-refractivity contribution in [2.45, 2.75) is 32.1 Å². The van der Waals surface area contributed by atoms with Crippen LogP contribution in [-0.2, 0) is 21.9 Å². The quantitative estimate of drug-likeness (QED) is 0.575. The average molecular weight is 395 g/mol. The SMILES string of the molecule is CC1=CCC(C(=O)Nc2cc(C(F)(F)F)cc(C(F)(F)F)c2)C(C(=O)O)C1. The van der Waals surface area contributed by atoms with Crippen LogP contribution in [0.3, 0.4) is 0 Å². The predicted molar refractivity (Wildman–Crippen MR) is 82.7 cm³/mol. The van der Waals surface area contributed by atoms with Gasteiger partial charge in [-0.05, 0) is 38.0 Å². The summed E-state index contributed by atoms with van der Waals surface area (Å²) >= 11 is 0. The van der Waals surface area contributed by atoms with Gasteiger partial charge in [0.2, 0.25) is 5.91 Å². The smallest absolute Gasteiger partial charge is 0.416 e. The fourth-order valence-corrected chi connectivity index (χ4v) is 2.88. The number of benzene rings is 1. The molecule has 1 aromatic carbocycles. The summed E-state index contributed by atoms with van der Waals surface area (Å²) in [6, 6.07) is 0.710. The number of rotatable bonds is 3.